The summed E-state index contributed by atoms with van der Waals surface area (Å²) in [5, 5.41) is 12.4. The molecule has 3 aliphatic rings. The first-order valence-electron chi connectivity index (χ1n) is 13.6. The van der Waals surface area contributed by atoms with Crippen molar-refractivity contribution in [3.63, 3.8) is 0 Å². The van der Waals surface area contributed by atoms with Crippen LogP contribution in [-0.2, 0) is 23.9 Å². The van der Waals surface area contributed by atoms with E-state index in [1.165, 1.54) is 11.0 Å². The minimum absolute atomic E-state index is 0.00925. The molecule has 2 amide bonds. The van der Waals surface area contributed by atoms with Crippen LogP contribution < -0.4 is 4.90 Å². The van der Waals surface area contributed by atoms with E-state index >= 15 is 0 Å². The molecular formula is C31H35BrN2O6. The fourth-order valence-electron chi connectivity index (χ4n) is 6.77. The number of aliphatic hydroxyl groups excluding tert-OH is 1. The normalized spacial score (nSPS) is 29.5. The lowest BCUT2D eigenvalue weighted by Crippen LogP contribution is -2.60. The van der Waals surface area contributed by atoms with Crippen molar-refractivity contribution in [2.45, 2.75) is 48.9 Å². The number of halogens is 1. The molecule has 2 aromatic rings. The molecule has 8 nitrogen and oxygen atoms in total. The number of benzene rings is 2. The van der Waals surface area contributed by atoms with Crippen molar-refractivity contribution in [1.82, 2.24) is 4.90 Å². The molecule has 3 unspecified atom stereocenters. The molecular weight excluding hydrogens is 576 g/mol. The summed E-state index contributed by atoms with van der Waals surface area (Å²) in [6.45, 7) is 11.2. The van der Waals surface area contributed by atoms with Crippen LogP contribution in [0.5, 0.6) is 0 Å². The lowest BCUT2D eigenvalue weighted by molar-refractivity contribution is -0.155. The minimum Gasteiger partial charge on any atom is -0.461 e. The van der Waals surface area contributed by atoms with Gasteiger partial charge in [0.1, 0.15) is 18.2 Å². The Kier molecular flexibility index (Phi) is 7.92. The number of anilines is 1. The van der Waals surface area contributed by atoms with Crippen molar-refractivity contribution in [2.75, 3.05) is 24.7 Å². The van der Waals surface area contributed by atoms with Gasteiger partial charge in [0.25, 0.3) is 5.91 Å². The fourth-order valence-corrected chi connectivity index (χ4v) is 7.72. The number of ether oxygens (including phenoxy) is 2. The Labute approximate surface area is 242 Å². The summed E-state index contributed by atoms with van der Waals surface area (Å²) < 4.78 is 12.0. The maximum absolute atomic E-state index is 14.7. The monoisotopic (exact) mass is 610 g/mol. The molecule has 3 heterocycles. The zero-order chi connectivity index (χ0) is 28.8. The number of esters is 1. The number of hydrogen-bond acceptors (Lipinski definition) is 6. The van der Waals surface area contributed by atoms with E-state index in [2.05, 4.69) is 29.1 Å². The van der Waals surface area contributed by atoms with E-state index in [0.29, 0.717) is 12.1 Å². The zero-order valence-electron chi connectivity index (χ0n) is 22.7. The maximum atomic E-state index is 14.7. The van der Waals surface area contributed by atoms with Gasteiger partial charge in [0.05, 0.1) is 30.6 Å². The third-order valence-electron chi connectivity index (χ3n) is 8.51. The molecule has 3 fully saturated rings. The van der Waals surface area contributed by atoms with Crippen LogP contribution in [0.4, 0.5) is 5.69 Å². The first-order chi connectivity index (χ1) is 19.2. The van der Waals surface area contributed by atoms with Crippen molar-refractivity contribution >= 4 is 50.2 Å². The van der Waals surface area contributed by atoms with Crippen LogP contribution in [0.2, 0.25) is 0 Å². The summed E-state index contributed by atoms with van der Waals surface area (Å²) in [6, 6.07) is 11.9. The van der Waals surface area contributed by atoms with Crippen molar-refractivity contribution in [3.8, 4) is 0 Å². The Hall–Kier alpha value is -3.01. The molecule has 0 aliphatic carbocycles. The number of carbonyl (C=O) groups is 3. The summed E-state index contributed by atoms with van der Waals surface area (Å²) in [6.07, 6.45) is 2.86. The molecule has 5 rings (SSSR count). The van der Waals surface area contributed by atoms with E-state index in [1.54, 1.807) is 11.0 Å². The smallest absolute Gasteiger partial charge is 0.312 e. The fraction of sp³-hybridized carbons (Fsp3) is 0.452. The van der Waals surface area contributed by atoms with Crippen LogP contribution in [0.3, 0.4) is 0 Å². The summed E-state index contributed by atoms with van der Waals surface area (Å²) in [5.41, 5.74) is -0.602. The third kappa shape index (κ3) is 4.39. The molecule has 9 heteroatoms. The summed E-state index contributed by atoms with van der Waals surface area (Å²) in [7, 11) is 0. The number of likely N-dealkylation sites (tertiary alicyclic amines) is 1. The van der Waals surface area contributed by atoms with Crippen molar-refractivity contribution in [3.05, 3.63) is 67.8 Å². The quantitative estimate of drug-likeness (QED) is 0.249. The number of rotatable bonds is 10. The standard InChI is InChI=1S/C31H35BrN2O6/c1-5-13-33(21-12-11-19-9-7-8-10-20(19)15-21)29(37)27-31-16-22(32)26(40-31)24(30(38)39-14-6-2)25(31)28(36)34(27)23(17-35)18(3)4/h5-12,15,18,22-27,35H,1-2,13-14,16-17H2,3-4H3/t22?,23-,24+,25-,26+,27?,31?/m0/s1. The Balaban J connectivity index is 1.63. The lowest BCUT2D eigenvalue weighted by atomic mass is 9.70. The van der Waals surface area contributed by atoms with Gasteiger partial charge >= 0.3 is 5.97 Å². The number of hydrogen-bond donors (Lipinski definition) is 1. The zero-order valence-corrected chi connectivity index (χ0v) is 24.3. The molecule has 1 N–H and O–H groups in total. The van der Waals surface area contributed by atoms with E-state index in [9.17, 15) is 19.5 Å². The molecule has 0 aromatic heterocycles. The van der Waals surface area contributed by atoms with Gasteiger partial charge in [0, 0.05) is 17.1 Å². The van der Waals surface area contributed by atoms with Crippen molar-refractivity contribution < 1.29 is 29.0 Å². The van der Waals surface area contributed by atoms with Crippen LogP contribution in [0.15, 0.2) is 67.8 Å². The second-order valence-electron chi connectivity index (χ2n) is 11.1. The average molecular weight is 612 g/mol. The molecule has 0 radical (unpaired) electrons. The minimum atomic E-state index is -1.26. The van der Waals surface area contributed by atoms with Crippen LogP contribution >= 0.6 is 15.9 Å². The highest BCUT2D eigenvalue weighted by Gasteiger charge is 2.77. The Morgan fingerprint density at radius 2 is 1.95 bits per heavy atom. The van der Waals surface area contributed by atoms with Crippen LogP contribution in [-0.4, -0.2) is 76.2 Å². The SMILES string of the molecule is C=CCOC(=O)[C@H]1[C@@H]2OC3(CC2Br)C(C(=O)N(CC=C)c2ccc4ccccc4c2)N([C@@H](CO)C(C)C)C(=O)[C@H]13. The molecule has 2 aromatic carbocycles. The largest absolute Gasteiger partial charge is 0.461 e. The first kappa shape index (κ1) is 28.5. The number of amides is 2. The lowest BCUT2D eigenvalue weighted by Gasteiger charge is -2.40. The van der Waals surface area contributed by atoms with Crippen LogP contribution in [0, 0.1) is 17.8 Å². The predicted octanol–water partition coefficient (Wildman–Crippen LogP) is 3.85. The molecule has 3 aliphatic heterocycles. The molecule has 0 saturated carbocycles. The highest BCUT2D eigenvalue weighted by atomic mass is 79.9. The van der Waals surface area contributed by atoms with Gasteiger partial charge in [-0.3, -0.25) is 14.4 Å². The van der Waals surface area contributed by atoms with E-state index in [0.717, 1.165) is 10.8 Å². The molecule has 212 valence electrons. The second kappa shape index (κ2) is 11.1. The molecule has 1 spiro atoms. The number of alkyl halides is 1. The van der Waals surface area contributed by atoms with Crippen LogP contribution in [0.25, 0.3) is 10.8 Å². The van der Waals surface area contributed by atoms with Gasteiger partial charge in [-0.1, -0.05) is 78.8 Å². The highest BCUT2D eigenvalue weighted by molar-refractivity contribution is 9.09. The molecule has 3 saturated heterocycles. The van der Waals surface area contributed by atoms with E-state index in [1.807, 2.05) is 56.3 Å². The summed E-state index contributed by atoms with van der Waals surface area (Å²) in [5.74, 6) is -3.21. The van der Waals surface area contributed by atoms with Gasteiger partial charge in [-0.15, -0.1) is 6.58 Å². The van der Waals surface area contributed by atoms with Gasteiger partial charge in [-0.25, -0.2) is 0 Å². The number of nitrogens with zero attached hydrogens (tertiary/aromatic N) is 2. The maximum Gasteiger partial charge on any atom is 0.312 e. The Morgan fingerprint density at radius 1 is 1.23 bits per heavy atom. The number of aliphatic hydroxyl groups is 1. The summed E-state index contributed by atoms with van der Waals surface area (Å²) in [4.78, 5) is 45.1. The third-order valence-corrected chi connectivity index (χ3v) is 9.36. The van der Waals surface area contributed by atoms with Gasteiger partial charge in [-0.05, 0) is 35.2 Å². The van der Waals surface area contributed by atoms with Crippen molar-refractivity contribution in [2.24, 2.45) is 17.8 Å². The predicted molar refractivity (Wildman–Crippen MR) is 156 cm³/mol. The number of fused-ring (bicyclic) bond motifs is 2. The van der Waals surface area contributed by atoms with Gasteiger partial charge in [-0.2, -0.15) is 0 Å². The van der Waals surface area contributed by atoms with Gasteiger partial charge in [0.2, 0.25) is 5.91 Å². The average Bonchev–Trinajstić information content (AvgIpc) is 3.53. The Bertz CT molecular complexity index is 1350. The first-order valence-corrected chi connectivity index (χ1v) is 14.5. The molecule has 2 bridgehead atoms. The highest BCUT2D eigenvalue weighted by Crippen LogP contribution is 2.61. The van der Waals surface area contributed by atoms with E-state index in [4.69, 9.17) is 9.47 Å². The second-order valence-corrected chi connectivity index (χ2v) is 12.3. The van der Waals surface area contributed by atoms with Gasteiger partial charge < -0.3 is 24.4 Å². The van der Waals surface area contributed by atoms with Crippen LogP contribution in [0.1, 0.15) is 20.3 Å². The molecule has 40 heavy (non-hydrogen) atoms. The topological polar surface area (TPSA) is 96.4 Å². The van der Waals surface area contributed by atoms with Crippen molar-refractivity contribution in [1.29, 1.82) is 0 Å². The summed E-state index contributed by atoms with van der Waals surface area (Å²) >= 11 is 3.67. The van der Waals surface area contributed by atoms with E-state index in [-0.39, 0.29) is 42.3 Å². The van der Waals surface area contributed by atoms with Gasteiger partial charge in [0.15, 0.2) is 0 Å². The number of carbonyl (C=O) groups excluding carboxylic acids is 3. The molecule has 7 atom stereocenters. The Morgan fingerprint density at radius 3 is 2.60 bits per heavy atom. The van der Waals surface area contributed by atoms with E-state index < -0.39 is 41.6 Å².